The van der Waals surface area contributed by atoms with E-state index in [4.69, 9.17) is 9.47 Å². The van der Waals surface area contributed by atoms with Gasteiger partial charge in [-0.15, -0.1) is 0 Å². The third-order valence-corrected chi connectivity index (χ3v) is 4.32. The molecule has 0 heterocycles. The molecule has 1 aromatic rings. The molecule has 106 valence electrons. The second-order valence-electron chi connectivity index (χ2n) is 5.11. The highest BCUT2D eigenvalue weighted by Crippen LogP contribution is 2.42. The van der Waals surface area contributed by atoms with Gasteiger partial charge in [-0.3, -0.25) is 0 Å². The number of hydrogen-bond acceptors (Lipinski definition) is 3. The molecule has 3 nitrogen and oxygen atoms in total. The number of methoxy groups -OCH3 is 2. The van der Waals surface area contributed by atoms with E-state index in [-0.39, 0.29) is 0 Å². The van der Waals surface area contributed by atoms with Crippen LogP contribution < -0.4 is 9.47 Å². The molecule has 0 spiro atoms. The van der Waals surface area contributed by atoms with E-state index < -0.39 is 0 Å². The molecule has 1 aliphatic rings. The summed E-state index contributed by atoms with van der Waals surface area (Å²) in [7, 11) is 5.58. The van der Waals surface area contributed by atoms with Gasteiger partial charge in [-0.1, -0.05) is 15.9 Å². The van der Waals surface area contributed by atoms with E-state index in [0.717, 1.165) is 36.3 Å². The molecule has 0 unspecified atom stereocenters. The lowest BCUT2D eigenvalue weighted by Gasteiger charge is -2.34. The molecule has 0 amide bonds. The zero-order chi connectivity index (χ0) is 13.8. The Bertz CT molecular complexity index is 436. The van der Waals surface area contributed by atoms with Gasteiger partial charge < -0.3 is 14.4 Å². The molecule has 0 fully saturated rings. The quantitative estimate of drug-likeness (QED) is 0.718. The topological polar surface area (TPSA) is 21.7 Å². The van der Waals surface area contributed by atoms with Gasteiger partial charge in [0, 0.05) is 17.8 Å². The van der Waals surface area contributed by atoms with Gasteiger partial charge in [-0.05, 0) is 49.7 Å². The number of rotatable bonds is 7. The van der Waals surface area contributed by atoms with Crippen molar-refractivity contribution < 1.29 is 9.47 Å². The number of ether oxygens (including phenoxy) is 2. The number of alkyl halides is 1. The van der Waals surface area contributed by atoms with Crippen LogP contribution in [0.5, 0.6) is 11.5 Å². The molecule has 1 aliphatic carbocycles. The summed E-state index contributed by atoms with van der Waals surface area (Å²) in [6, 6.07) is 4.25. The van der Waals surface area contributed by atoms with Crippen molar-refractivity contribution >= 4 is 15.9 Å². The van der Waals surface area contributed by atoms with Gasteiger partial charge >= 0.3 is 0 Å². The Morgan fingerprint density at radius 1 is 1.26 bits per heavy atom. The molecule has 1 aromatic carbocycles. The van der Waals surface area contributed by atoms with Crippen LogP contribution in [-0.4, -0.2) is 44.6 Å². The van der Waals surface area contributed by atoms with Gasteiger partial charge in [0.15, 0.2) is 11.5 Å². The lowest BCUT2D eigenvalue weighted by Crippen LogP contribution is -2.31. The summed E-state index contributed by atoms with van der Waals surface area (Å²) in [6.45, 7) is 2.26. The molecule has 0 radical (unpaired) electrons. The summed E-state index contributed by atoms with van der Waals surface area (Å²) in [5, 5.41) is 1.07. The normalized spacial score (nSPS) is 17.0. The summed E-state index contributed by atoms with van der Waals surface area (Å²) in [4.78, 5) is 2.41. The van der Waals surface area contributed by atoms with Crippen LogP contribution in [-0.2, 0) is 6.42 Å². The van der Waals surface area contributed by atoms with E-state index in [1.54, 1.807) is 14.2 Å². The number of fused-ring (bicyclic) bond motifs is 1. The lowest BCUT2D eigenvalue weighted by molar-refractivity contribution is 0.298. The Hall–Kier alpha value is -0.740. The molecule has 0 aliphatic heterocycles. The molecular weight excluding hydrogens is 306 g/mol. The van der Waals surface area contributed by atoms with Crippen LogP contribution in [0.3, 0.4) is 0 Å². The Balaban J connectivity index is 2.02. The van der Waals surface area contributed by atoms with E-state index in [0.29, 0.717) is 5.92 Å². The molecule has 4 heteroatoms. The summed E-state index contributed by atoms with van der Waals surface area (Å²) in [6.07, 6.45) is 2.34. The molecular formula is C15H22BrNO2. The smallest absolute Gasteiger partial charge is 0.161 e. The van der Waals surface area contributed by atoms with Crippen molar-refractivity contribution in [3.8, 4) is 11.5 Å². The van der Waals surface area contributed by atoms with Gasteiger partial charge in [0.2, 0.25) is 0 Å². The summed E-state index contributed by atoms with van der Waals surface area (Å²) >= 11 is 3.48. The second-order valence-corrected chi connectivity index (χ2v) is 5.90. The summed E-state index contributed by atoms with van der Waals surface area (Å²) in [5.74, 6) is 2.32. The van der Waals surface area contributed by atoms with Crippen LogP contribution in [0, 0.1) is 0 Å². The molecule has 19 heavy (non-hydrogen) atoms. The van der Waals surface area contributed by atoms with Gasteiger partial charge in [-0.2, -0.15) is 0 Å². The highest BCUT2D eigenvalue weighted by molar-refractivity contribution is 9.09. The predicted octanol–water partition coefficient (Wildman–Crippen LogP) is 3.06. The minimum Gasteiger partial charge on any atom is -0.493 e. The van der Waals surface area contributed by atoms with Crippen molar-refractivity contribution in [2.45, 2.75) is 18.8 Å². The zero-order valence-corrected chi connectivity index (χ0v) is 13.5. The molecule has 0 saturated heterocycles. The van der Waals surface area contributed by atoms with Crippen LogP contribution in [0.15, 0.2) is 12.1 Å². The predicted molar refractivity (Wildman–Crippen MR) is 81.9 cm³/mol. The molecule has 2 rings (SSSR count). The molecule has 0 saturated carbocycles. The van der Waals surface area contributed by atoms with Crippen molar-refractivity contribution in [2.24, 2.45) is 0 Å². The van der Waals surface area contributed by atoms with Crippen molar-refractivity contribution in [3.05, 3.63) is 23.3 Å². The van der Waals surface area contributed by atoms with Crippen LogP contribution in [0.2, 0.25) is 0 Å². The maximum absolute atomic E-state index is 5.38. The van der Waals surface area contributed by atoms with Crippen LogP contribution in [0.1, 0.15) is 23.5 Å². The fraction of sp³-hybridized carbons (Fsp3) is 0.600. The third-order valence-electron chi connectivity index (χ3n) is 3.76. The molecule has 0 N–H and O–H groups in total. The standard InChI is InChI=1S/C15H22BrNO2/c1-17(6-4-5-16)10-12-7-11-8-14(18-2)15(19-3)9-13(11)12/h8-9,12H,4-7,10H2,1-3H3/t12-/m1/s1. The maximum atomic E-state index is 5.38. The second kappa shape index (κ2) is 6.62. The molecule has 1 atom stereocenters. The van der Waals surface area contributed by atoms with E-state index in [1.165, 1.54) is 17.5 Å². The first-order chi connectivity index (χ1) is 9.19. The van der Waals surface area contributed by atoms with Gasteiger partial charge in [0.1, 0.15) is 0 Å². The minimum absolute atomic E-state index is 0.634. The van der Waals surface area contributed by atoms with E-state index in [9.17, 15) is 0 Å². The lowest BCUT2D eigenvalue weighted by atomic mass is 9.77. The zero-order valence-electron chi connectivity index (χ0n) is 11.9. The Labute approximate surface area is 124 Å². The van der Waals surface area contributed by atoms with E-state index in [2.05, 4.69) is 40.0 Å². The van der Waals surface area contributed by atoms with Gasteiger partial charge in [-0.25, -0.2) is 0 Å². The Kier molecular flexibility index (Phi) is 5.11. The number of nitrogens with zero attached hydrogens (tertiary/aromatic N) is 1. The van der Waals surface area contributed by atoms with Crippen molar-refractivity contribution in [2.75, 3.05) is 39.7 Å². The Morgan fingerprint density at radius 3 is 2.58 bits per heavy atom. The third kappa shape index (κ3) is 3.23. The average molecular weight is 328 g/mol. The SMILES string of the molecule is COc1cc2c(cc1OC)[C@@H](CN(C)CCCBr)C2. The monoisotopic (exact) mass is 327 g/mol. The number of likely N-dealkylation sites (N-methyl/N-ethyl adjacent to an activating group) is 1. The van der Waals surface area contributed by atoms with Gasteiger partial charge in [0.25, 0.3) is 0 Å². The fourth-order valence-electron chi connectivity index (χ4n) is 2.70. The molecule has 0 aromatic heterocycles. The minimum atomic E-state index is 0.634. The van der Waals surface area contributed by atoms with Gasteiger partial charge in [0.05, 0.1) is 14.2 Å². The highest BCUT2D eigenvalue weighted by atomic mass is 79.9. The largest absolute Gasteiger partial charge is 0.493 e. The first-order valence-corrected chi connectivity index (χ1v) is 7.81. The first kappa shape index (κ1) is 14.7. The van der Waals surface area contributed by atoms with Crippen LogP contribution >= 0.6 is 15.9 Å². The first-order valence-electron chi connectivity index (χ1n) is 6.69. The highest BCUT2D eigenvalue weighted by Gasteiger charge is 2.29. The number of halogens is 1. The number of benzene rings is 1. The van der Waals surface area contributed by atoms with Crippen molar-refractivity contribution in [3.63, 3.8) is 0 Å². The maximum Gasteiger partial charge on any atom is 0.161 e. The van der Waals surface area contributed by atoms with Crippen molar-refractivity contribution in [1.29, 1.82) is 0 Å². The Morgan fingerprint density at radius 2 is 1.95 bits per heavy atom. The van der Waals surface area contributed by atoms with E-state index in [1.807, 2.05) is 0 Å². The van der Waals surface area contributed by atoms with Crippen molar-refractivity contribution in [1.82, 2.24) is 4.90 Å². The summed E-state index contributed by atoms with van der Waals surface area (Å²) < 4.78 is 10.7. The fourth-order valence-corrected chi connectivity index (χ4v) is 2.95. The van der Waals surface area contributed by atoms with E-state index >= 15 is 0 Å². The molecule has 0 bridgehead atoms. The average Bonchev–Trinajstić information content (AvgIpc) is 2.41. The van der Waals surface area contributed by atoms with Crippen LogP contribution in [0.25, 0.3) is 0 Å². The van der Waals surface area contributed by atoms with Crippen LogP contribution in [0.4, 0.5) is 0 Å². The summed E-state index contributed by atoms with van der Waals surface area (Å²) in [5.41, 5.74) is 2.82. The number of hydrogen-bond donors (Lipinski definition) is 0.